The number of rotatable bonds is 4. The molecule has 3 rings (SSSR count). The van der Waals surface area contributed by atoms with Crippen LogP contribution in [-0.4, -0.2) is 15.0 Å². The van der Waals surface area contributed by atoms with Crippen LogP contribution in [0.25, 0.3) is 0 Å². The van der Waals surface area contributed by atoms with Gasteiger partial charge < -0.3 is 4.74 Å². The Morgan fingerprint density at radius 3 is 2.42 bits per heavy atom. The van der Waals surface area contributed by atoms with Crippen molar-refractivity contribution < 1.29 is 30.5 Å². The van der Waals surface area contributed by atoms with Crippen LogP contribution in [-0.2, 0) is 37.4 Å². The Morgan fingerprint density at radius 1 is 1.15 bits per heavy atom. The number of aryl methyl sites for hydroxylation is 1. The number of benzene rings is 2. The van der Waals surface area contributed by atoms with Gasteiger partial charge in [0.25, 0.3) is 10.1 Å². The average Bonchev–Trinajstić information content (AvgIpc) is 2.90. The molecule has 4 nitrogen and oxygen atoms in total. The van der Waals surface area contributed by atoms with E-state index in [1.807, 2.05) is 6.92 Å². The van der Waals surface area contributed by atoms with Gasteiger partial charge in [0, 0.05) is 0 Å². The van der Waals surface area contributed by atoms with Crippen LogP contribution >= 0.6 is 0 Å². The van der Waals surface area contributed by atoms with Gasteiger partial charge >= 0.3 is 6.18 Å². The highest BCUT2D eigenvalue weighted by Gasteiger charge is 2.40. The summed E-state index contributed by atoms with van der Waals surface area (Å²) in [4.78, 5) is -0.0195. The van der Waals surface area contributed by atoms with Crippen LogP contribution in [0.15, 0.2) is 47.4 Å². The first-order chi connectivity index (χ1) is 12.0. The summed E-state index contributed by atoms with van der Waals surface area (Å²) >= 11 is 0. The van der Waals surface area contributed by atoms with Crippen molar-refractivity contribution in [3.05, 3.63) is 64.7 Å². The molecule has 140 valence electrons. The summed E-state index contributed by atoms with van der Waals surface area (Å²) in [6, 6.07) is 9.42. The first-order valence-corrected chi connectivity index (χ1v) is 9.23. The second kappa shape index (κ2) is 6.37. The zero-order valence-electron chi connectivity index (χ0n) is 14.1. The number of alkyl halides is 3. The largest absolute Gasteiger partial charge is 0.416 e. The Morgan fingerprint density at radius 2 is 1.81 bits per heavy atom. The van der Waals surface area contributed by atoms with Gasteiger partial charge in [-0.25, -0.2) is 0 Å². The molecule has 0 saturated heterocycles. The summed E-state index contributed by atoms with van der Waals surface area (Å²) in [5, 5.41) is 0. The molecule has 0 saturated carbocycles. The minimum absolute atomic E-state index is 0.0195. The maximum absolute atomic E-state index is 13.0. The number of fused-ring (bicyclic) bond motifs is 1. The van der Waals surface area contributed by atoms with Gasteiger partial charge in [-0.15, -0.1) is 0 Å². The summed E-state index contributed by atoms with van der Waals surface area (Å²) in [6.45, 7) is 3.01. The van der Waals surface area contributed by atoms with Crippen LogP contribution in [0.4, 0.5) is 13.2 Å². The van der Waals surface area contributed by atoms with Crippen molar-refractivity contribution in [3.63, 3.8) is 0 Å². The van der Waals surface area contributed by atoms with Crippen molar-refractivity contribution in [2.75, 3.05) is 6.61 Å². The third kappa shape index (κ3) is 3.62. The quantitative estimate of drug-likeness (QED) is 0.741. The molecule has 1 aliphatic heterocycles. The summed E-state index contributed by atoms with van der Waals surface area (Å²) in [7, 11) is -4.05. The average molecular weight is 386 g/mol. The highest BCUT2D eigenvalue weighted by atomic mass is 32.2. The first kappa shape index (κ1) is 18.9. The van der Waals surface area contributed by atoms with E-state index in [-0.39, 0.29) is 17.1 Å². The third-order valence-corrected chi connectivity index (χ3v) is 5.63. The van der Waals surface area contributed by atoms with Crippen molar-refractivity contribution in [3.8, 4) is 0 Å². The Balaban J connectivity index is 1.84. The van der Waals surface area contributed by atoms with Crippen LogP contribution in [0.2, 0.25) is 0 Å². The fraction of sp³-hybridized carbons (Fsp3) is 0.333. The van der Waals surface area contributed by atoms with Crippen molar-refractivity contribution in [1.82, 2.24) is 0 Å². The zero-order chi connectivity index (χ0) is 19.2. The Bertz CT molecular complexity index is 920. The lowest BCUT2D eigenvalue weighted by Gasteiger charge is -2.24. The van der Waals surface area contributed by atoms with E-state index in [0.717, 1.165) is 17.7 Å². The van der Waals surface area contributed by atoms with E-state index in [4.69, 9.17) is 8.92 Å². The molecule has 1 unspecified atom stereocenters. The van der Waals surface area contributed by atoms with Crippen molar-refractivity contribution in [1.29, 1.82) is 0 Å². The molecule has 0 aromatic heterocycles. The third-order valence-electron chi connectivity index (χ3n) is 4.35. The van der Waals surface area contributed by atoms with Gasteiger partial charge in [0.2, 0.25) is 0 Å². The monoisotopic (exact) mass is 386 g/mol. The first-order valence-electron chi connectivity index (χ1n) is 7.82. The van der Waals surface area contributed by atoms with E-state index in [0.29, 0.717) is 5.56 Å². The molecule has 0 spiro atoms. The topological polar surface area (TPSA) is 52.6 Å². The lowest BCUT2D eigenvalue weighted by atomic mass is 9.93. The predicted octanol–water partition coefficient (Wildman–Crippen LogP) is 4.16. The Hall–Kier alpha value is -1.90. The lowest BCUT2D eigenvalue weighted by Crippen LogP contribution is -2.29. The second-order valence-electron chi connectivity index (χ2n) is 6.42. The molecule has 0 amide bonds. The van der Waals surface area contributed by atoms with E-state index in [1.165, 1.54) is 25.1 Å². The van der Waals surface area contributed by atoms with E-state index in [9.17, 15) is 21.6 Å². The van der Waals surface area contributed by atoms with Crippen LogP contribution in [0, 0.1) is 6.92 Å². The Labute approximate surface area is 149 Å². The van der Waals surface area contributed by atoms with E-state index in [1.54, 1.807) is 12.1 Å². The summed E-state index contributed by atoms with van der Waals surface area (Å²) in [5.41, 5.74) is -0.338. The molecule has 0 bridgehead atoms. The maximum Gasteiger partial charge on any atom is 0.416 e. The van der Waals surface area contributed by atoms with E-state index < -0.39 is 34.1 Å². The molecule has 0 radical (unpaired) electrons. The molecule has 1 aliphatic rings. The molecule has 2 aromatic rings. The predicted molar refractivity (Wildman–Crippen MR) is 87.9 cm³/mol. The highest BCUT2D eigenvalue weighted by Crippen LogP contribution is 2.40. The fourth-order valence-corrected chi connectivity index (χ4v) is 3.75. The second-order valence-corrected chi connectivity index (χ2v) is 8.03. The van der Waals surface area contributed by atoms with E-state index in [2.05, 4.69) is 0 Å². The molecule has 1 heterocycles. The normalized spacial score (nSPS) is 20.2. The minimum atomic E-state index is -4.49. The molecule has 8 heteroatoms. The minimum Gasteiger partial charge on any atom is -0.363 e. The molecule has 1 atom stereocenters. The zero-order valence-corrected chi connectivity index (χ0v) is 14.9. The SMILES string of the molecule is Cc1ccc(S(=O)(=O)OCC2(C)OCc3ccc(C(F)(F)F)cc32)cc1. The molecule has 0 fully saturated rings. The van der Waals surface area contributed by atoms with Gasteiger partial charge in [0.1, 0.15) is 5.60 Å². The van der Waals surface area contributed by atoms with Crippen LogP contribution in [0.1, 0.15) is 29.2 Å². The molecular weight excluding hydrogens is 369 g/mol. The number of hydrogen-bond acceptors (Lipinski definition) is 4. The summed E-state index contributed by atoms with van der Waals surface area (Å²) < 4.78 is 74.2. The smallest absolute Gasteiger partial charge is 0.363 e. The van der Waals surface area contributed by atoms with Gasteiger partial charge in [-0.05, 0) is 49.2 Å². The van der Waals surface area contributed by atoms with E-state index >= 15 is 0 Å². The highest BCUT2D eigenvalue weighted by molar-refractivity contribution is 7.86. The van der Waals surface area contributed by atoms with Gasteiger partial charge in [0.05, 0.1) is 23.7 Å². The number of ether oxygens (including phenoxy) is 1. The lowest BCUT2D eigenvalue weighted by molar-refractivity contribution is -0.137. The van der Waals surface area contributed by atoms with Crippen LogP contribution in [0.5, 0.6) is 0 Å². The standard InChI is InChI=1S/C18H17F3O4S/c1-12-3-7-15(8-4-12)26(22,23)25-11-17(2)16-9-14(18(19,20)21)6-5-13(16)10-24-17/h3-9H,10-11H2,1-2H3. The van der Waals surface area contributed by atoms with Gasteiger partial charge in [0.15, 0.2) is 0 Å². The van der Waals surface area contributed by atoms with Crippen molar-refractivity contribution in [2.24, 2.45) is 0 Å². The molecule has 0 N–H and O–H groups in total. The van der Waals surface area contributed by atoms with Crippen LogP contribution < -0.4 is 0 Å². The number of hydrogen-bond donors (Lipinski definition) is 0. The van der Waals surface area contributed by atoms with Crippen molar-refractivity contribution >= 4 is 10.1 Å². The maximum atomic E-state index is 13.0. The molecule has 26 heavy (non-hydrogen) atoms. The fourth-order valence-electron chi connectivity index (χ4n) is 2.77. The number of halogens is 3. The molecule has 2 aromatic carbocycles. The summed E-state index contributed by atoms with van der Waals surface area (Å²) in [5.74, 6) is 0. The van der Waals surface area contributed by atoms with Crippen LogP contribution in [0.3, 0.4) is 0 Å². The van der Waals surface area contributed by atoms with Gasteiger partial charge in [-0.3, -0.25) is 4.18 Å². The van der Waals surface area contributed by atoms with Crippen molar-refractivity contribution in [2.45, 2.75) is 37.1 Å². The molecular formula is C18H17F3O4S. The Kier molecular flexibility index (Phi) is 4.62. The summed E-state index contributed by atoms with van der Waals surface area (Å²) in [6.07, 6.45) is -4.49. The van der Waals surface area contributed by atoms with Gasteiger partial charge in [-0.1, -0.05) is 23.8 Å². The van der Waals surface area contributed by atoms with Gasteiger partial charge in [-0.2, -0.15) is 21.6 Å². The molecule has 0 aliphatic carbocycles.